The Morgan fingerprint density at radius 1 is 1.10 bits per heavy atom. The van der Waals surface area contributed by atoms with Gasteiger partial charge in [0.15, 0.2) is 10.6 Å². The van der Waals surface area contributed by atoms with Crippen LogP contribution in [0.1, 0.15) is 5.56 Å². The van der Waals surface area contributed by atoms with E-state index in [4.69, 9.17) is 9.73 Å². The summed E-state index contributed by atoms with van der Waals surface area (Å²) in [5.74, 6) is 1.37. The van der Waals surface area contributed by atoms with Crippen LogP contribution in [0.2, 0.25) is 0 Å². The summed E-state index contributed by atoms with van der Waals surface area (Å²) >= 11 is 1.48. The third-order valence-corrected chi connectivity index (χ3v) is 5.35. The Labute approximate surface area is 176 Å². The smallest absolute Gasteiger partial charge is 0.269 e. The van der Waals surface area contributed by atoms with Crippen LogP contribution in [0, 0.1) is 17.0 Å². The first-order valence-electron chi connectivity index (χ1n) is 9.12. The fourth-order valence-electron chi connectivity index (χ4n) is 3.00. The van der Waals surface area contributed by atoms with Gasteiger partial charge in [0, 0.05) is 29.4 Å². The number of aromatic nitrogens is 2. The minimum absolute atomic E-state index is 0.0411. The normalized spacial score (nSPS) is 11.5. The van der Waals surface area contributed by atoms with E-state index in [0.29, 0.717) is 10.6 Å². The van der Waals surface area contributed by atoms with Crippen molar-refractivity contribution in [1.82, 2.24) is 9.55 Å². The highest BCUT2D eigenvalue weighted by Gasteiger charge is 2.13. The molecule has 2 heterocycles. The molecule has 0 saturated carbocycles. The molecule has 7 nitrogen and oxygen atoms in total. The van der Waals surface area contributed by atoms with Gasteiger partial charge in [-0.25, -0.2) is 9.98 Å². The van der Waals surface area contributed by atoms with Gasteiger partial charge in [0.1, 0.15) is 5.75 Å². The number of methoxy groups -OCH3 is 1. The van der Waals surface area contributed by atoms with E-state index >= 15 is 0 Å². The molecule has 0 radical (unpaired) electrons. The van der Waals surface area contributed by atoms with Gasteiger partial charge in [0.05, 0.1) is 17.7 Å². The van der Waals surface area contributed by atoms with Gasteiger partial charge < -0.3 is 4.74 Å². The Kier molecular flexibility index (Phi) is 5.40. The van der Waals surface area contributed by atoms with Crippen LogP contribution in [0.25, 0.3) is 16.9 Å². The summed E-state index contributed by atoms with van der Waals surface area (Å²) in [5.41, 5.74) is 3.78. The van der Waals surface area contributed by atoms with E-state index in [1.54, 1.807) is 25.4 Å². The molecule has 0 aliphatic heterocycles. The van der Waals surface area contributed by atoms with Gasteiger partial charge in [-0.15, -0.1) is 11.3 Å². The summed E-state index contributed by atoms with van der Waals surface area (Å²) in [7, 11) is 1.63. The van der Waals surface area contributed by atoms with Gasteiger partial charge in [-0.3, -0.25) is 14.7 Å². The highest BCUT2D eigenvalue weighted by Crippen LogP contribution is 2.27. The number of nitro groups is 1. The van der Waals surface area contributed by atoms with E-state index in [-0.39, 0.29) is 5.69 Å². The number of hydrogen-bond donors (Lipinski definition) is 0. The predicted molar refractivity (Wildman–Crippen MR) is 116 cm³/mol. The fourth-order valence-corrected chi connectivity index (χ4v) is 3.92. The number of benzene rings is 2. The maximum atomic E-state index is 11.0. The van der Waals surface area contributed by atoms with Crippen molar-refractivity contribution in [2.45, 2.75) is 6.92 Å². The second kappa shape index (κ2) is 8.30. The van der Waals surface area contributed by atoms with E-state index in [1.165, 1.54) is 23.5 Å². The molecule has 0 N–H and O–H groups in total. The van der Waals surface area contributed by atoms with Crippen LogP contribution >= 0.6 is 11.3 Å². The highest BCUT2D eigenvalue weighted by atomic mass is 32.1. The molecule has 4 rings (SSSR count). The monoisotopic (exact) mass is 418 g/mol. The molecular formula is C22H18N4O3S. The largest absolute Gasteiger partial charge is 0.497 e. The van der Waals surface area contributed by atoms with E-state index in [2.05, 4.69) is 4.98 Å². The number of rotatable bonds is 5. The standard InChI is InChI=1S/C22H18N4O3S/c1-15-11-12-23-21(13-15)24-22-25(17-5-7-18(8-6-17)26(27)28)20(14-30-22)16-3-9-19(29-2)10-4-16/h3-14H,1-2H3. The summed E-state index contributed by atoms with van der Waals surface area (Å²) in [5, 5.41) is 13.1. The summed E-state index contributed by atoms with van der Waals surface area (Å²) in [6.45, 7) is 1.99. The Balaban J connectivity index is 1.90. The van der Waals surface area contributed by atoms with Crippen LogP contribution in [-0.2, 0) is 0 Å². The lowest BCUT2D eigenvalue weighted by Crippen LogP contribution is -2.13. The molecule has 0 aliphatic rings. The number of nitro benzene ring substituents is 1. The number of thiazole rings is 1. The van der Waals surface area contributed by atoms with Crippen molar-refractivity contribution in [2.75, 3.05) is 7.11 Å². The maximum absolute atomic E-state index is 11.0. The minimum atomic E-state index is -0.408. The van der Waals surface area contributed by atoms with Crippen LogP contribution in [0.3, 0.4) is 0 Å². The molecule has 2 aromatic carbocycles. The number of pyridine rings is 1. The first-order valence-corrected chi connectivity index (χ1v) is 10.0. The lowest BCUT2D eigenvalue weighted by atomic mass is 10.1. The number of hydrogen-bond acceptors (Lipinski definition) is 6. The zero-order valence-electron chi connectivity index (χ0n) is 16.4. The van der Waals surface area contributed by atoms with Crippen LogP contribution in [0.5, 0.6) is 5.75 Å². The molecule has 0 amide bonds. The van der Waals surface area contributed by atoms with E-state index in [0.717, 1.165) is 28.3 Å². The third-order valence-electron chi connectivity index (χ3n) is 4.52. The number of non-ortho nitro benzene ring substituents is 1. The molecule has 30 heavy (non-hydrogen) atoms. The van der Waals surface area contributed by atoms with Crippen molar-refractivity contribution in [3.8, 4) is 22.7 Å². The Bertz CT molecular complexity index is 1260. The molecule has 0 bridgehead atoms. The van der Waals surface area contributed by atoms with Gasteiger partial charge in [-0.2, -0.15) is 0 Å². The van der Waals surface area contributed by atoms with Gasteiger partial charge in [0.2, 0.25) is 0 Å². The second-order valence-corrected chi connectivity index (χ2v) is 7.38. The lowest BCUT2D eigenvalue weighted by Gasteiger charge is -2.10. The van der Waals surface area contributed by atoms with Crippen molar-refractivity contribution in [3.63, 3.8) is 0 Å². The van der Waals surface area contributed by atoms with Gasteiger partial charge in [0.25, 0.3) is 5.69 Å². The molecule has 0 unspecified atom stereocenters. The maximum Gasteiger partial charge on any atom is 0.269 e. The average molecular weight is 418 g/mol. The first-order chi connectivity index (χ1) is 14.5. The van der Waals surface area contributed by atoms with Crippen LogP contribution in [-0.4, -0.2) is 21.6 Å². The number of aryl methyl sites for hydroxylation is 1. The number of nitrogens with zero attached hydrogens (tertiary/aromatic N) is 4. The van der Waals surface area contributed by atoms with Crippen molar-refractivity contribution in [2.24, 2.45) is 4.99 Å². The molecule has 0 saturated heterocycles. The molecule has 150 valence electrons. The molecule has 2 aromatic heterocycles. The van der Waals surface area contributed by atoms with Gasteiger partial charge in [-0.1, -0.05) is 0 Å². The minimum Gasteiger partial charge on any atom is -0.497 e. The topological polar surface area (TPSA) is 82.5 Å². The van der Waals surface area contributed by atoms with Gasteiger partial charge >= 0.3 is 0 Å². The van der Waals surface area contributed by atoms with Gasteiger partial charge in [-0.05, 0) is 66.6 Å². The van der Waals surface area contributed by atoms with Crippen molar-refractivity contribution >= 4 is 22.8 Å². The molecule has 8 heteroatoms. The summed E-state index contributed by atoms with van der Waals surface area (Å²) in [4.78, 5) is 20.4. The SMILES string of the molecule is COc1ccc(-c2csc(=Nc3cc(C)ccn3)n2-c2ccc([N+](=O)[O-])cc2)cc1. The Morgan fingerprint density at radius 3 is 2.47 bits per heavy atom. The quantitative estimate of drug-likeness (QED) is 0.335. The summed E-state index contributed by atoms with van der Waals surface area (Å²) < 4.78 is 7.23. The summed E-state index contributed by atoms with van der Waals surface area (Å²) in [6, 6.07) is 18.0. The highest BCUT2D eigenvalue weighted by molar-refractivity contribution is 7.07. The zero-order valence-corrected chi connectivity index (χ0v) is 17.2. The van der Waals surface area contributed by atoms with Crippen molar-refractivity contribution < 1.29 is 9.66 Å². The summed E-state index contributed by atoms with van der Waals surface area (Å²) in [6.07, 6.45) is 1.72. The van der Waals surface area contributed by atoms with Crippen LogP contribution < -0.4 is 9.54 Å². The molecule has 0 atom stereocenters. The Hall–Kier alpha value is -3.78. The zero-order chi connectivity index (χ0) is 21.1. The van der Waals surface area contributed by atoms with E-state index in [1.807, 2.05) is 53.3 Å². The van der Waals surface area contributed by atoms with E-state index in [9.17, 15) is 10.1 Å². The first kappa shape index (κ1) is 19.5. The fraction of sp³-hybridized carbons (Fsp3) is 0.0909. The van der Waals surface area contributed by atoms with Crippen molar-refractivity contribution in [1.29, 1.82) is 0 Å². The Morgan fingerprint density at radius 2 is 1.83 bits per heavy atom. The molecule has 4 aromatic rings. The molecule has 0 spiro atoms. The van der Waals surface area contributed by atoms with E-state index < -0.39 is 4.92 Å². The number of ether oxygens (including phenoxy) is 1. The molecule has 0 fully saturated rings. The molecule has 0 aliphatic carbocycles. The average Bonchev–Trinajstić information content (AvgIpc) is 3.17. The third kappa shape index (κ3) is 3.99. The predicted octanol–water partition coefficient (Wildman–Crippen LogP) is 5.06. The molecular weight excluding hydrogens is 400 g/mol. The second-order valence-electron chi connectivity index (χ2n) is 6.54. The lowest BCUT2D eigenvalue weighted by molar-refractivity contribution is -0.384. The van der Waals surface area contributed by atoms with Crippen molar-refractivity contribution in [3.05, 3.63) is 92.7 Å². The van der Waals surface area contributed by atoms with Crippen LogP contribution in [0.15, 0.2) is 77.2 Å². The van der Waals surface area contributed by atoms with Crippen LogP contribution in [0.4, 0.5) is 11.5 Å².